The largest absolute Gasteiger partial charge is 0.497 e. The van der Waals surface area contributed by atoms with E-state index >= 15 is 0 Å². The maximum absolute atomic E-state index is 11.4. The fourth-order valence-corrected chi connectivity index (χ4v) is 2.99. The first-order valence-electron chi connectivity index (χ1n) is 8.09. The fraction of sp³-hybridized carbons (Fsp3) is 0.588. The zero-order valence-corrected chi connectivity index (χ0v) is 14.2. The van der Waals surface area contributed by atoms with Crippen molar-refractivity contribution < 1.29 is 34.7 Å². The van der Waals surface area contributed by atoms with Crippen molar-refractivity contribution in [1.82, 2.24) is 5.32 Å². The lowest BCUT2D eigenvalue weighted by molar-refractivity contribution is -0.201. The Morgan fingerprint density at radius 3 is 2.40 bits per heavy atom. The molecule has 1 aromatic rings. The minimum absolute atomic E-state index is 0.0670. The van der Waals surface area contributed by atoms with Gasteiger partial charge in [-0.25, -0.2) is 0 Å². The van der Waals surface area contributed by atoms with Crippen molar-refractivity contribution in [2.75, 3.05) is 13.7 Å². The van der Waals surface area contributed by atoms with Gasteiger partial charge in [-0.2, -0.15) is 0 Å². The maximum Gasteiger partial charge on any atom is 0.217 e. The number of ether oxygens (including phenoxy) is 2. The molecule has 0 bridgehead atoms. The Morgan fingerprint density at radius 1 is 1.24 bits per heavy atom. The summed E-state index contributed by atoms with van der Waals surface area (Å²) in [7, 11) is 1.54. The topological polar surface area (TPSA) is 128 Å². The molecule has 1 unspecified atom stereocenters. The Kier molecular flexibility index (Phi) is 6.74. The van der Waals surface area contributed by atoms with Gasteiger partial charge in [-0.3, -0.25) is 4.79 Å². The molecule has 1 heterocycles. The molecular formula is C17H25NO7. The predicted molar refractivity (Wildman–Crippen MR) is 87.9 cm³/mol. The van der Waals surface area contributed by atoms with E-state index in [1.54, 1.807) is 31.4 Å². The van der Waals surface area contributed by atoms with Gasteiger partial charge in [0.05, 0.1) is 32.0 Å². The van der Waals surface area contributed by atoms with Crippen molar-refractivity contribution >= 4 is 5.91 Å². The molecule has 0 radical (unpaired) electrons. The third-order valence-corrected chi connectivity index (χ3v) is 4.35. The summed E-state index contributed by atoms with van der Waals surface area (Å²) in [4.78, 5) is 11.4. The average Bonchev–Trinajstić information content (AvgIpc) is 2.60. The lowest BCUT2D eigenvalue weighted by Gasteiger charge is -2.43. The number of aliphatic hydroxyl groups is 4. The lowest BCUT2D eigenvalue weighted by atomic mass is 9.88. The van der Waals surface area contributed by atoms with Gasteiger partial charge in [-0.1, -0.05) is 12.1 Å². The van der Waals surface area contributed by atoms with Gasteiger partial charge in [0, 0.05) is 13.3 Å². The van der Waals surface area contributed by atoms with Crippen molar-refractivity contribution in [3.8, 4) is 5.75 Å². The van der Waals surface area contributed by atoms with Crippen molar-refractivity contribution in [3.05, 3.63) is 29.8 Å². The van der Waals surface area contributed by atoms with Gasteiger partial charge in [0.1, 0.15) is 24.1 Å². The summed E-state index contributed by atoms with van der Waals surface area (Å²) in [5.74, 6) is 0.256. The number of benzene rings is 1. The minimum Gasteiger partial charge on any atom is -0.497 e. The molecule has 8 heteroatoms. The Morgan fingerprint density at radius 2 is 1.88 bits per heavy atom. The lowest BCUT2D eigenvalue weighted by Crippen LogP contribution is -2.64. The van der Waals surface area contributed by atoms with Crippen LogP contribution in [0.2, 0.25) is 0 Å². The van der Waals surface area contributed by atoms with Crippen molar-refractivity contribution in [3.63, 3.8) is 0 Å². The molecule has 140 valence electrons. The number of amides is 1. The van der Waals surface area contributed by atoms with Crippen LogP contribution in [0.15, 0.2) is 24.3 Å². The van der Waals surface area contributed by atoms with Gasteiger partial charge in [0.15, 0.2) is 0 Å². The molecule has 6 atom stereocenters. The highest BCUT2D eigenvalue weighted by Crippen LogP contribution is 2.29. The normalized spacial score (nSPS) is 30.6. The molecule has 0 spiro atoms. The number of methoxy groups -OCH3 is 1. The van der Waals surface area contributed by atoms with Gasteiger partial charge in [-0.15, -0.1) is 0 Å². The van der Waals surface area contributed by atoms with Gasteiger partial charge in [0.2, 0.25) is 5.91 Å². The number of nitrogens with one attached hydrogen (secondary N) is 1. The van der Waals surface area contributed by atoms with Gasteiger partial charge in [-0.05, 0) is 17.7 Å². The SMILES string of the molecule is COc1ccc(C(O)C[C@@H]2O[C@H](CO)[C@@H](O)[C@H](O)[C@H]2NC(C)=O)cc1. The van der Waals surface area contributed by atoms with E-state index in [4.69, 9.17) is 9.47 Å². The van der Waals surface area contributed by atoms with Crippen LogP contribution >= 0.6 is 0 Å². The monoisotopic (exact) mass is 355 g/mol. The van der Waals surface area contributed by atoms with Crippen LogP contribution in [0.5, 0.6) is 5.75 Å². The van der Waals surface area contributed by atoms with E-state index in [9.17, 15) is 25.2 Å². The summed E-state index contributed by atoms with van der Waals surface area (Å²) in [6.45, 7) is 0.800. The summed E-state index contributed by atoms with van der Waals surface area (Å²) >= 11 is 0. The Labute approximate surface area is 146 Å². The summed E-state index contributed by atoms with van der Waals surface area (Å²) in [5.41, 5.74) is 0.618. The first kappa shape index (κ1) is 19.6. The van der Waals surface area contributed by atoms with Crippen LogP contribution in [0.1, 0.15) is 25.0 Å². The molecule has 25 heavy (non-hydrogen) atoms. The Balaban J connectivity index is 2.15. The summed E-state index contributed by atoms with van der Waals surface area (Å²) in [6, 6.07) is 5.92. The molecule has 1 fully saturated rings. The van der Waals surface area contributed by atoms with Gasteiger partial charge in [0.25, 0.3) is 0 Å². The second-order valence-corrected chi connectivity index (χ2v) is 6.13. The molecule has 1 aliphatic heterocycles. The molecule has 1 aromatic carbocycles. The first-order valence-corrected chi connectivity index (χ1v) is 8.09. The molecule has 1 amide bonds. The predicted octanol–water partition coefficient (Wildman–Crippen LogP) is -0.895. The summed E-state index contributed by atoms with van der Waals surface area (Å²) in [6.07, 6.45) is -5.28. The number of hydrogen-bond acceptors (Lipinski definition) is 7. The number of carbonyl (C=O) groups excluding carboxylic acids is 1. The highest BCUT2D eigenvalue weighted by atomic mass is 16.5. The maximum atomic E-state index is 11.4. The Hall–Kier alpha value is -1.71. The quantitative estimate of drug-likeness (QED) is 0.447. The van der Waals surface area contributed by atoms with Crippen LogP contribution in [-0.4, -0.2) is 70.5 Å². The van der Waals surface area contributed by atoms with Crippen LogP contribution in [0, 0.1) is 0 Å². The molecule has 5 N–H and O–H groups in total. The van der Waals surface area contributed by atoms with E-state index in [2.05, 4.69) is 5.32 Å². The molecule has 8 nitrogen and oxygen atoms in total. The highest BCUT2D eigenvalue weighted by molar-refractivity contribution is 5.73. The second kappa shape index (κ2) is 8.59. The fourth-order valence-electron chi connectivity index (χ4n) is 2.99. The molecular weight excluding hydrogens is 330 g/mol. The van der Waals surface area contributed by atoms with Gasteiger partial charge >= 0.3 is 0 Å². The van der Waals surface area contributed by atoms with Crippen LogP contribution in [-0.2, 0) is 9.53 Å². The second-order valence-electron chi connectivity index (χ2n) is 6.13. The standard InChI is InChI=1S/C17H25NO7/c1-9(20)18-15-13(25-14(8-19)16(22)17(15)23)7-12(21)10-3-5-11(24-2)6-4-10/h3-6,12-17,19,21-23H,7-8H2,1-2H3,(H,18,20)/t12?,13-,14+,15-,16+,17+/m0/s1. The summed E-state index contributed by atoms with van der Waals surface area (Å²) < 4.78 is 10.7. The van der Waals surface area contributed by atoms with Crippen molar-refractivity contribution in [1.29, 1.82) is 0 Å². The molecule has 0 aliphatic carbocycles. The van der Waals surface area contributed by atoms with Gasteiger partial charge < -0.3 is 35.2 Å². The van der Waals surface area contributed by atoms with Crippen LogP contribution < -0.4 is 10.1 Å². The van der Waals surface area contributed by atoms with E-state index in [0.29, 0.717) is 11.3 Å². The zero-order chi connectivity index (χ0) is 18.6. The molecule has 0 aromatic heterocycles. The van der Waals surface area contributed by atoms with Crippen molar-refractivity contribution in [2.24, 2.45) is 0 Å². The number of hydrogen-bond donors (Lipinski definition) is 5. The first-order chi connectivity index (χ1) is 11.9. The van der Waals surface area contributed by atoms with E-state index in [1.807, 2.05) is 0 Å². The van der Waals surface area contributed by atoms with E-state index in [1.165, 1.54) is 6.92 Å². The molecule has 2 rings (SSSR count). The average molecular weight is 355 g/mol. The molecule has 0 saturated carbocycles. The minimum atomic E-state index is -1.34. The number of carbonyl (C=O) groups is 1. The van der Waals surface area contributed by atoms with Crippen LogP contribution in [0.25, 0.3) is 0 Å². The third kappa shape index (κ3) is 4.68. The number of rotatable bonds is 6. The van der Waals surface area contributed by atoms with Crippen LogP contribution in [0.3, 0.4) is 0 Å². The van der Waals surface area contributed by atoms with Crippen LogP contribution in [0.4, 0.5) is 0 Å². The smallest absolute Gasteiger partial charge is 0.217 e. The molecule has 1 saturated heterocycles. The number of aliphatic hydroxyl groups excluding tert-OH is 4. The van der Waals surface area contributed by atoms with E-state index < -0.39 is 49.1 Å². The third-order valence-electron chi connectivity index (χ3n) is 4.35. The molecule has 1 aliphatic rings. The van der Waals surface area contributed by atoms with E-state index in [0.717, 1.165) is 0 Å². The Bertz CT molecular complexity index is 565. The zero-order valence-electron chi connectivity index (χ0n) is 14.2. The van der Waals surface area contributed by atoms with Crippen molar-refractivity contribution in [2.45, 2.75) is 49.9 Å². The summed E-state index contributed by atoms with van der Waals surface area (Å²) in [5, 5.41) is 42.6. The highest BCUT2D eigenvalue weighted by Gasteiger charge is 2.45. The van der Waals surface area contributed by atoms with E-state index in [-0.39, 0.29) is 6.42 Å².